The van der Waals surface area contributed by atoms with E-state index in [-0.39, 0.29) is 32.6 Å². The van der Waals surface area contributed by atoms with Crippen molar-refractivity contribution in [3.05, 3.63) is 10.4 Å². The molecule has 10 heteroatoms. The third-order valence-electron chi connectivity index (χ3n) is 2.87. The van der Waals surface area contributed by atoms with E-state index in [2.05, 4.69) is 16.7 Å². The fourth-order valence-corrected chi connectivity index (χ4v) is 3.74. The number of hydrogen-bond acceptors (Lipinski definition) is 9. The molecule has 100 valence electrons. The Morgan fingerprint density at radius 2 is 1.14 bits per heavy atom. The molecule has 0 atom stereocenters. The Morgan fingerprint density at radius 3 is 1.50 bits per heavy atom. The van der Waals surface area contributed by atoms with Gasteiger partial charge in [-0.2, -0.15) is 0 Å². The van der Waals surface area contributed by atoms with E-state index in [0.717, 1.165) is 11.7 Å². The van der Waals surface area contributed by atoms with E-state index in [0.29, 0.717) is 11.0 Å². The quantitative estimate of drug-likeness (QED) is 0.464. The maximum atomic E-state index is 9.15. The van der Waals surface area contributed by atoms with Crippen LogP contribution in [-0.2, 0) is 0 Å². The van der Waals surface area contributed by atoms with Gasteiger partial charge in [-0.25, -0.2) is 0 Å². The second-order valence-corrected chi connectivity index (χ2v) is 5.51. The minimum absolute atomic E-state index is 0.146. The van der Waals surface area contributed by atoms with Gasteiger partial charge >= 0.3 is 132 Å². The summed E-state index contributed by atoms with van der Waals surface area (Å²) >= 11 is 0.395. The second kappa shape index (κ2) is 5.33. The fraction of sp³-hybridized carbons (Fsp3) is 0. The van der Waals surface area contributed by atoms with Gasteiger partial charge in [-0.3, -0.25) is 0 Å². The van der Waals surface area contributed by atoms with E-state index >= 15 is 0 Å². The first-order valence-electron chi connectivity index (χ1n) is 5.52. The first-order chi connectivity index (χ1) is 10.8. The summed E-state index contributed by atoms with van der Waals surface area (Å²) in [5, 5.41) is 37.1. The SMILES string of the molecule is N#CC(C#N)=c1c2nsnc2c(=C(C#N)C#N)c2n[se]nc12. The molecule has 0 fully saturated rings. The molecule has 3 rings (SSSR count). The summed E-state index contributed by atoms with van der Waals surface area (Å²) in [4.78, 5) is 0. The van der Waals surface area contributed by atoms with Gasteiger partial charge in [0.2, 0.25) is 0 Å². The Balaban J connectivity index is 2.89. The van der Waals surface area contributed by atoms with Crippen LogP contribution in [0.25, 0.3) is 33.2 Å². The van der Waals surface area contributed by atoms with Crippen LogP contribution in [0.15, 0.2) is 0 Å². The van der Waals surface area contributed by atoms with Crippen molar-refractivity contribution in [2.75, 3.05) is 0 Å². The van der Waals surface area contributed by atoms with Gasteiger partial charge in [0.05, 0.1) is 0 Å². The number of nitriles is 4. The molecule has 0 radical (unpaired) electrons. The number of aromatic nitrogens is 4. The molecular formula is C12N8SSe. The van der Waals surface area contributed by atoms with Crippen molar-refractivity contribution < 1.29 is 0 Å². The van der Waals surface area contributed by atoms with Crippen LogP contribution in [0.2, 0.25) is 0 Å². The molecule has 1 aromatic carbocycles. The van der Waals surface area contributed by atoms with Gasteiger partial charge in [0.1, 0.15) is 0 Å². The molecule has 0 saturated heterocycles. The Hall–Kier alpha value is -3.14. The van der Waals surface area contributed by atoms with Gasteiger partial charge in [-0.1, -0.05) is 0 Å². The normalized spacial score (nSPS) is 9.64. The molecule has 22 heavy (non-hydrogen) atoms. The van der Waals surface area contributed by atoms with Crippen molar-refractivity contribution in [2.45, 2.75) is 0 Å². The molecule has 0 saturated carbocycles. The van der Waals surface area contributed by atoms with E-state index in [1.165, 1.54) is 0 Å². The zero-order valence-corrected chi connectivity index (χ0v) is 12.9. The summed E-state index contributed by atoms with van der Waals surface area (Å²) in [5.74, 6) is 0. The minimum atomic E-state index is -0.472. The molecule has 0 aliphatic carbocycles. The average Bonchev–Trinajstić information content (AvgIpc) is 3.19. The van der Waals surface area contributed by atoms with E-state index in [9.17, 15) is 0 Å². The van der Waals surface area contributed by atoms with Crippen molar-refractivity contribution in [3.8, 4) is 24.3 Å². The molecule has 0 N–H and O–H groups in total. The van der Waals surface area contributed by atoms with Crippen LogP contribution in [0.4, 0.5) is 0 Å². The van der Waals surface area contributed by atoms with Gasteiger partial charge in [-0.05, 0) is 0 Å². The van der Waals surface area contributed by atoms with Crippen LogP contribution in [0.5, 0.6) is 0 Å². The van der Waals surface area contributed by atoms with Crippen molar-refractivity contribution >= 4 is 59.9 Å². The van der Waals surface area contributed by atoms with Crippen molar-refractivity contribution in [1.29, 1.82) is 21.0 Å². The third-order valence-corrected chi connectivity index (χ3v) is 4.51. The summed E-state index contributed by atoms with van der Waals surface area (Å²) in [6, 6.07) is 7.27. The average molecular weight is 367 g/mol. The first kappa shape index (κ1) is 13.8. The molecular weight excluding hydrogens is 367 g/mol. The summed E-state index contributed by atoms with van der Waals surface area (Å²) in [6.45, 7) is 0. The van der Waals surface area contributed by atoms with E-state index in [4.69, 9.17) is 21.0 Å². The summed E-state index contributed by atoms with van der Waals surface area (Å²) in [5.41, 5.74) is 0.945. The fourth-order valence-electron chi connectivity index (χ4n) is 2.00. The van der Waals surface area contributed by atoms with Crippen LogP contribution in [0, 0.1) is 45.3 Å². The zero-order chi connectivity index (χ0) is 15.7. The second-order valence-electron chi connectivity index (χ2n) is 3.87. The standard InChI is InChI=1S/C12N8SSe/c13-1-5(2-14)7-9-10(18-21-17-9)8(6(3-15)4-16)12-11(7)19-22-20-12. The number of nitrogens with zero attached hydrogens (tertiary/aromatic N) is 8. The molecule has 0 aliphatic rings. The third kappa shape index (κ3) is 1.78. The van der Waals surface area contributed by atoms with E-state index in [1.54, 1.807) is 0 Å². The predicted molar refractivity (Wildman–Crippen MR) is 76.0 cm³/mol. The summed E-state index contributed by atoms with van der Waals surface area (Å²) in [7, 11) is 0. The molecule has 2 aromatic heterocycles. The van der Waals surface area contributed by atoms with Crippen molar-refractivity contribution in [2.24, 2.45) is 0 Å². The van der Waals surface area contributed by atoms with Crippen LogP contribution in [0.1, 0.15) is 0 Å². The van der Waals surface area contributed by atoms with Crippen LogP contribution in [-0.4, -0.2) is 31.7 Å². The Morgan fingerprint density at radius 1 is 0.727 bits per heavy atom. The number of fused-ring (bicyclic) bond motifs is 2. The number of rotatable bonds is 0. The molecule has 0 unspecified atom stereocenters. The predicted octanol–water partition coefficient (Wildman–Crippen LogP) is -0.913. The van der Waals surface area contributed by atoms with Crippen molar-refractivity contribution in [3.63, 3.8) is 0 Å². The number of hydrogen-bond donors (Lipinski definition) is 0. The molecule has 0 amide bonds. The monoisotopic (exact) mass is 368 g/mol. The maximum absolute atomic E-state index is 9.15. The van der Waals surface area contributed by atoms with Gasteiger partial charge in [-0.15, -0.1) is 0 Å². The van der Waals surface area contributed by atoms with Gasteiger partial charge in [0.25, 0.3) is 0 Å². The molecule has 3 aromatic rings. The van der Waals surface area contributed by atoms with Crippen molar-refractivity contribution in [1.82, 2.24) is 16.7 Å². The Labute approximate surface area is 132 Å². The van der Waals surface area contributed by atoms with Crippen LogP contribution < -0.4 is 10.4 Å². The first-order valence-corrected chi connectivity index (χ1v) is 7.78. The molecule has 8 nitrogen and oxygen atoms in total. The molecule has 0 bridgehead atoms. The van der Waals surface area contributed by atoms with E-state index in [1.807, 2.05) is 24.3 Å². The molecule has 0 aliphatic heterocycles. The van der Waals surface area contributed by atoms with E-state index < -0.39 is 15.0 Å². The molecule has 0 spiro atoms. The summed E-state index contributed by atoms with van der Waals surface area (Å²) in [6.07, 6.45) is 0. The molecule has 2 heterocycles. The topological polar surface area (TPSA) is 147 Å². The number of benzene rings is 1. The zero-order valence-electron chi connectivity index (χ0n) is 10.4. The van der Waals surface area contributed by atoms with Gasteiger partial charge in [0, 0.05) is 0 Å². The van der Waals surface area contributed by atoms with Crippen LogP contribution >= 0.6 is 11.7 Å². The Kier molecular flexibility index (Phi) is 3.35. The Bertz CT molecular complexity index is 1040. The summed E-state index contributed by atoms with van der Waals surface area (Å²) < 4.78 is 16.7. The van der Waals surface area contributed by atoms with Crippen LogP contribution in [0.3, 0.4) is 0 Å². The van der Waals surface area contributed by atoms with Gasteiger partial charge in [0.15, 0.2) is 0 Å². The van der Waals surface area contributed by atoms with Gasteiger partial charge < -0.3 is 0 Å².